The number of carbonyl (C=O) groups is 1. The Bertz CT molecular complexity index is 399. The van der Waals surface area contributed by atoms with E-state index in [-0.39, 0.29) is 6.61 Å². The van der Waals surface area contributed by atoms with Crippen LogP contribution in [-0.4, -0.2) is 29.9 Å². The van der Waals surface area contributed by atoms with Crippen molar-refractivity contribution in [2.45, 2.75) is 18.8 Å². The second kappa shape index (κ2) is 5.61. The van der Waals surface area contributed by atoms with Crippen molar-refractivity contribution in [1.29, 1.82) is 0 Å². The molecule has 4 heteroatoms. The maximum atomic E-state index is 11.0. The van der Waals surface area contributed by atoms with E-state index in [9.17, 15) is 4.79 Å². The summed E-state index contributed by atoms with van der Waals surface area (Å²) in [5.41, 5.74) is 1.04. The van der Waals surface area contributed by atoms with Crippen molar-refractivity contribution < 1.29 is 19.4 Å². The molecule has 0 aromatic heterocycles. The van der Waals surface area contributed by atoms with Gasteiger partial charge in [0.2, 0.25) is 0 Å². The standard InChI is InChI=1S/C13H14O4/c14-8-12-11(6-7-13(15)17-12)16-9-10-4-2-1-3-5-10/h1-7,11-12,14H,8-9H2/t11-,12+/m0/s1. The minimum Gasteiger partial charge on any atom is -0.454 e. The normalized spacial score (nSPS) is 23.5. The van der Waals surface area contributed by atoms with Crippen molar-refractivity contribution in [2.75, 3.05) is 6.61 Å². The molecule has 0 fully saturated rings. The van der Waals surface area contributed by atoms with E-state index < -0.39 is 18.2 Å². The SMILES string of the molecule is O=C1C=C[C@H](OCc2ccccc2)[C@@H](CO)O1. The Morgan fingerprint density at radius 2 is 2.06 bits per heavy atom. The van der Waals surface area contributed by atoms with Crippen LogP contribution in [0.1, 0.15) is 5.56 Å². The van der Waals surface area contributed by atoms with E-state index in [4.69, 9.17) is 14.6 Å². The summed E-state index contributed by atoms with van der Waals surface area (Å²) in [6, 6.07) is 9.69. The van der Waals surface area contributed by atoms with Gasteiger partial charge in [-0.15, -0.1) is 0 Å². The summed E-state index contributed by atoms with van der Waals surface area (Å²) in [6.45, 7) is 0.180. The van der Waals surface area contributed by atoms with Crippen molar-refractivity contribution in [3.8, 4) is 0 Å². The number of rotatable bonds is 4. The van der Waals surface area contributed by atoms with E-state index in [0.717, 1.165) is 5.56 Å². The fourth-order valence-electron chi connectivity index (χ4n) is 1.62. The largest absolute Gasteiger partial charge is 0.454 e. The topological polar surface area (TPSA) is 55.8 Å². The van der Waals surface area contributed by atoms with Gasteiger partial charge in [0.15, 0.2) is 6.10 Å². The Morgan fingerprint density at radius 3 is 2.76 bits per heavy atom. The third kappa shape index (κ3) is 3.15. The lowest BCUT2D eigenvalue weighted by molar-refractivity contribution is -0.156. The van der Waals surface area contributed by atoms with Gasteiger partial charge in [-0.2, -0.15) is 0 Å². The van der Waals surface area contributed by atoms with Gasteiger partial charge in [-0.05, 0) is 11.6 Å². The molecule has 0 amide bonds. The summed E-state index contributed by atoms with van der Waals surface area (Å²) >= 11 is 0. The van der Waals surface area contributed by atoms with Crippen LogP contribution in [0, 0.1) is 0 Å². The molecule has 1 heterocycles. The number of carbonyl (C=O) groups excluding carboxylic acids is 1. The monoisotopic (exact) mass is 234 g/mol. The third-order valence-electron chi connectivity index (χ3n) is 2.52. The van der Waals surface area contributed by atoms with Gasteiger partial charge in [0.25, 0.3) is 0 Å². The lowest BCUT2D eigenvalue weighted by atomic mass is 10.1. The highest BCUT2D eigenvalue weighted by molar-refractivity contribution is 5.83. The smallest absolute Gasteiger partial charge is 0.330 e. The molecule has 2 rings (SSSR count). The number of hydrogen-bond acceptors (Lipinski definition) is 4. The number of cyclic esters (lactones) is 1. The quantitative estimate of drug-likeness (QED) is 0.791. The Labute approximate surface area is 99.5 Å². The van der Waals surface area contributed by atoms with Gasteiger partial charge in [-0.3, -0.25) is 0 Å². The van der Waals surface area contributed by atoms with Crippen molar-refractivity contribution in [1.82, 2.24) is 0 Å². The predicted octanol–water partition coefficient (Wildman–Crippen LogP) is 1.05. The second-order valence-electron chi connectivity index (χ2n) is 3.78. The molecule has 0 unspecified atom stereocenters. The fourth-order valence-corrected chi connectivity index (χ4v) is 1.62. The van der Waals surface area contributed by atoms with Gasteiger partial charge in [-0.25, -0.2) is 4.79 Å². The number of aliphatic hydroxyl groups excluding tert-OH is 1. The molecular weight excluding hydrogens is 220 g/mol. The molecule has 0 saturated carbocycles. The number of hydrogen-bond donors (Lipinski definition) is 1. The van der Waals surface area contributed by atoms with Crippen molar-refractivity contribution >= 4 is 5.97 Å². The Kier molecular flexibility index (Phi) is 3.90. The van der Waals surface area contributed by atoms with Crippen LogP contribution in [0.25, 0.3) is 0 Å². The number of benzene rings is 1. The molecule has 0 bridgehead atoms. The van der Waals surface area contributed by atoms with Crippen LogP contribution in [0.5, 0.6) is 0 Å². The molecule has 1 aromatic rings. The molecule has 1 aliphatic rings. The van der Waals surface area contributed by atoms with Crippen molar-refractivity contribution in [2.24, 2.45) is 0 Å². The van der Waals surface area contributed by atoms with Gasteiger partial charge < -0.3 is 14.6 Å². The summed E-state index contributed by atoms with van der Waals surface area (Å²) in [4.78, 5) is 11.0. The molecule has 1 aromatic carbocycles. The first-order chi connectivity index (χ1) is 8.29. The van der Waals surface area contributed by atoms with Gasteiger partial charge in [0.05, 0.1) is 13.2 Å². The zero-order valence-electron chi connectivity index (χ0n) is 9.28. The van der Waals surface area contributed by atoms with Gasteiger partial charge >= 0.3 is 5.97 Å². The van der Waals surface area contributed by atoms with E-state index in [2.05, 4.69) is 0 Å². The number of aliphatic hydroxyl groups is 1. The average molecular weight is 234 g/mol. The third-order valence-corrected chi connectivity index (χ3v) is 2.52. The maximum absolute atomic E-state index is 11.0. The van der Waals surface area contributed by atoms with Gasteiger partial charge in [-0.1, -0.05) is 30.3 Å². The zero-order valence-corrected chi connectivity index (χ0v) is 9.28. The summed E-state index contributed by atoms with van der Waals surface area (Å²) in [7, 11) is 0. The molecule has 1 aliphatic heterocycles. The van der Waals surface area contributed by atoms with Crippen LogP contribution >= 0.6 is 0 Å². The van der Waals surface area contributed by atoms with Crippen LogP contribution in [0.15, 0.2) is 42.5 Å². The highest BCUT2D eigenvalue weighted by Gasteiger charge is 2.26. The molecule has 0 spiro atoms. The van der Waals surface area contributed by atoms with E-state index in [1.807, 2.05) is 30.3 Å². The molecule has 0 aliphatic carbocycles. The first-order valence-electron chi connectivity index (χ1n) is 5.45. The van der Waals surface area contributed by atoms with Crippen molar-refractivity contribution in [3.05, 3.63) is 48.0 Å². The highest BCUT2D eigenvalue weighted by Crippen LogP contribution is 2.14. The van der Waals surface area contributed by atoms with E-state index in [0.29, 0.717) is 6.61 Å². The summed E-state index contributed by atoms with van der Waals surface area (Å²) in [5.74, 6) is -0.441. The molecule has 90 valence electrons. The fraction of sp³-hybridized carbons (Fsp3) is 0.308. The van der Waals surface area contributed by atoms with Crippen LogP contribution in [0.3, 0.4) is 0 Å². The van der Waals surface area contributed by atoms with Crippen LogP contribution in [-0.2, 0) is 20.9 Å². The lowest BCUT2D eigenvalue weighted by Gasteiger charge is -2.25. The zero-order chi connectivity index (χ0) is 12.1. The molecule has 0 saturated heterocycles. The molecule has 17 heavy (non-hydrogen) atoms. The van der Waals surface area contributed by atoms with E-state index in [1.54, 1.807) is 6.08 Å². The summed E-state index contributed by atoms with van der Waals surface area (Å²) in [5, 5.41) is 9.09. The molecular formula is C13H14O4. The molecule has 4 nitrogen and oxygen atoms in total. The van der Waals surface area contributed by atoms with Gasteiger partial charge in [0, 0.05) is 6.08 Å². The minimum absolute atomic E-state index is 0.241. The van der Waals surface area contributed by atoms with E-state index >= 15 is 0 Å². The van der Waals surface area contributed by atoms with Crippen LogP contribution in [0.4, 0.5) is 0 Å². The Morgan fingerprint density at radius 1 is 1.29 bits per heavy atom. The predicted molar refractivity (Wildman–Crippen MR) is 61.1 cm³/mol. The molecule has 1 N–H and O–H groups in total. The summed E-state index contributed by atoms with van der Waals surface area (Å²) in [6.07, 6.45) is 1.94. The number of esters is 1. The first-order valence-corrected chi connectivity index (χ1v) is 5.45. The second-order valence-corrected chi connectivity index (χ2v) is 3.78. The lowest BCUT2D eigenvalue weighted by Crippen LogP contribution is -2.37. The van der Waals surface area contributed by atoms with Crippen LogP contribution < -0.4 is 0 Å². The van der Waals surface area contributed by atoms with Gasteiger partial charge in [0.1, 0.15) is 6.10 Å². The highest BCUT2D eigenvalue weighted by atomic mass is 16.6. The summed E-state index contributed by atoms with van der Waals surface area (Å²) < 4.78 is 10.5. The number of ether oxygens (including phenoxy) is 2. The van der Waals surface area contributed by atoms with E-state index in [1.165, 1.54) is 6.08 Å². The Balaban J connectivity index is 1.94. The minimum atomic E-state index is -0.615. The Hall–Kier alpha value is -1.65. The maximum Gasteiger partial charge on any atom is 0.330 e. The van der Waals surface area contributed by atoms with Crippen molar-refractivity contribution in [3.63, 3.8) is 0 Å². The van der Waals surface area contributed by atoms with Crippen LogP contribution in [0.2, 0.25) is 0 Å². The first kappa shape index (κ1) is 11.8. The molecule has 0 radical (unpaired) electrons. The molecule has 2 atom stereocenters. The average Bonchev–Trinajstić information content (AvgIpc) is 2.38.